The van der Waals surface area contributed by atoms with Crippen LogP contribution < -0.4 is 0 Å². The van der Waals surface area contributed by atoms with Gasteiger partial charge in [-0.25, -0.2) is 0 Å². The van der Waals surface area contributed by atoms with Gasteiger partial charge in [0, 0.05) is 0 Å². The van der Waals surface area contributed by atoms with E-state index in [1.807, 2.05) is 0 Å². The minimum atomic E-state index is 0.338. The minimum absolute atomic E-state index is 0.338. The van der Waals surface area contributed by atoms with Gasteiger partial charge in [-0.15, -0.1) is 0 Å². The van der Waals surface area contributed by atoms with Crippen molar-refractivity contribution in [2.75, 3.05) is 0 Å². The maximum absolute atomic E-state index is 2.50. The van der Waals surface area contributed by atoms with E-state index in [1.54, 1.807) is 11.1 Å². The summed E-state index contributed by atoms with van der Waals surface area (Å²) in [6.45, 7) is 11.9. The van der Waals surface area contributed by atoms with Crippen molar-refractivity contribution in [2.24, 2.45) is 0 Å². The van der Waals surface area contributed by atoms with Crippen LogP contribution in [-0.2, 0) is 17.3 Å². The molecule has 0 nitrogen and oxygen atoms in total. The maximum Gasteiger partial charge on any atom is -0.00605 e. The van der Waals surface area contributed by atoms with Gasteiger partial charge < -0.3 is 0 Å². The van der Waals surface area contributed by atoms with Crippen LogP contribution in [0.2, 0.25) is 0 Å². The summed E-state index contributed by atoms with van der Waals surface area (Å²) in [6.07, 6.45) is 6.12. The quantitative estimate of drug-likeness (QED) is 0.599. The van der Waals surface area contributed by atoms with Crippen LogP contribution in [0.25, 0.3) is 6.08 Å². The van der Waals surface area contributed by atoms with E-state index in [9.17, 15) is 0 Å². The zero-order chi connectivity index (χ0) is 13.1. The molecule has 0 aromatic heterocycles. The highest BCUT2D eigenvalue weighted by Gasteiger charge is 2.37. The lowest BCUT2D eigenvalue weighted by atomic mass is 9.62. The fraction of sp³-hybridized carbons (Fsp3) is 0.556. The highest BCUT2D eigenvalue weighted by Crippen LogP contribution is 2.47. The van der Waals surface area contributed by atoms with Gasteiger partial charge in [0.2, 0.25) is 0 Å². The highest BCUT2D eigenvalue weighted by molar-refractivity contribution is 5.66. The average molecular weight is 240 g/mol. The topological polar surface area (TPSA) is 0 Å². The molecule has 0 radical (unpaired) electrons. The molecule has 0 N–H and O–H groups in total. The first kappa shape index (κ1) is 12.0. The zero-order valence-corrected chi connectivity index (χ0v) is 12.4. The van der Waals surface area contributed by atoms with Gasteiger partial charge in [-0.2, -0.15) is 0 Å². The molecule has 2 aliphatic carbocycles. The molecule has 18 heavy (non-hydrogen) atoms. The summed E-state index contributed by atoms with van der Waals surface area (Å²) in [5.74, 6) is 0. The Bertz CT molecular complexity index is 541. The van der Waals surface area contributed by atoms with Crippen LogP contribution in [0.5, 0.6) is 0 Å². The lowest BCUT2D eigenvalue weighted by Crippen LogP contribution is -2.34. The molecule has 0 saturated heterocycles. The van der Waals surface area contributed by atoms with E-state index in [0.717, 1.165) is 6.42 Å². The van der Waals surface area contributed by atoms with Crippen molar-refractivity contribution in [3.8, 4) is 0 Å². The van der Waals surface area contributed by atoms with E-state index in [1.165, 1.54) is 29.5 Å². The average Bonchev–Trinajstić information content (AvgIpc) is 2.62. The van der Waals surface area contributed by atoms with E-state index >= 15 is 0 Å². The summed E-state index contributed by atoms with van der Waals surface area (Å²) < 4.78 is 0. The number of hydrogen-bond donors (Lipinski definition) is 0. The smallest absolute Gasteiger partial charge is 0.00605 e. The first-order valence-corrected chi connectivity index (χ1v) is 7.15. The van der Waals surface area contributed by atoms with Gasteiger partial charge in [0.05, 0.1) is 0 Å². The molecule has 0 unspecified atom stereocenters. The van der Waals surface area contributed by atoms with Gasteiger partial charge in [0.1, 0.15) is 0 Å². The summed E-state index contributed by atoms with van der Waals surface area (Å²) in [4.78, 5) is 0. The molecule has 1 aromatic rings. The fourth-order valence-electron chi connectivity index (χ4n) is 3.58. The summed E-state index contributed by atoms with van der Waals surface area (Å²) in [5, 5.41) is 0. The van der Waals surface area contributed by atoms with Gasteiger partial charge in [-0.3, -0.25) is 0 Å². The lowest BCUT2D eigenvalue weighted by Gasteiger charge is -2.42. The van der Waals surface area contributed by atoms with Crippen LogP contribution in [0.3, 0.4) is 0 Å². The molecule has 2 aliphatic rings. The summed E-state index contributed by atoms with van der Waals surface area (Å²) in [5.41, 5.74) is 8.38. The summed E-state index contributed by atoms with van der Waals surface area (Å²) >= 11 is 0. The van der Waals surface area contributed by atoms with Gasteiger partial charge >= 0.3 is 0 Å². The van der Waals surface area contributed by atoms with Gasteiger partial charge in [-0.1, -0.05) is 51.5 Å². The molecule has 0 amide bonds. The molecule has 0 heteroatoms. The van der Waals surface area contributed by atoms with Crippen LogP contribution in [0.15, 0.2) is 17.7 Å². The first-order valence-electron chi connectivity index (χ1n) is 7.15. The number of rotatable bonds is 0. The maximum atomic E-state index is 2.50. The monoisotopic (exact) mass is 240 g/mol. The second kappa shape index (κ2) is 3.50. The Balaban J connectivity index is 2.23. The lowest BCUT2D eigenvalue weighted by molar-refractivity contribution is 0.331. The van der Waals surface area contributed by atoms with Crippen molar-refractivity contribution in [2.45, 2.75) is 64.7 Å². The van der Waals surface area contributed by atoms with Gasteiger partial charge in [-0.05, 0) is 59.3 Å². The molecule has 96 valence electrons. The molecule has 0 atom stereocenters. The molecule has 0 saturated carbocycles. The van der Waals surface area contributed by atoms with E-state index in [0.29, 0.717) is 10.8 Å². The Kier molecular flexibility index (Phi) is 2.33. The molecular weight excluding hydrogens is 216 g/mol. The first-order chi connectivity index (χ1) is 8.29. The Labute approximate surface area is 111 Å². The van der Waals surface area contributed by atoms with Crippen LogP contribution in [0.1, 0.15) is 69.7 Å². The third-order valence-electron chi connectivity index (χ3n) is 4.98. The van der Waals surface area contributed by atoms with Crippen LogP contribution in [0, 0.1) is 0 Å². The molecule has 0 bridgehead atoms. The predicted molar refractivity (Wildman–Crippen MR) is 79.1 cm³/mol. The van der Waals surface area contributed by atoms with Crippen molar-refractivity contribution in [1.29, 1.82) is 0 Å². The SMILES string of the molecule is CC1=Cc2cc3c(cc2C1)C(C)(C)CCC3(C)C. The third-order valence-corrected chi connectivity index (χ3v) is 4.98. The van der Waals surface area contributed by atoms with Gasteiger partial charge in [0.15, 0.2) is 0 Å². The molecule has 0 spiro atoms. The van der Waals surface area contributed by atoms with Crippen molar-refractivity contribution >= 4 is 6.08 Å². The third kappa shape index (κ3) is 1.66. The molecule has 0 fully saturated rings. The summed E-state index contributed by atoms with van der Waals surface area (Å²) in [7, 11) is 0. The van der Waals surface area contributed by atoms with Gasteiger partial charge in [0.25, 0.3) is 0 Å². The van der Waals surface area contributed by atoms with E-state index in [-0.39, 0.29) is 0 Å². The van der Waals surface area contributed by atoms with Crippen molar-refractivity contribution in [3.63, 3.8) is 0 Å². The Morgan fingerprint density at radius 3 is 2.06 bits per heavy atom. The predicted octanol–water partition coefficient (Wildman–Crippen LogP) is 5.00. The summed E-state index contributed by atoms with van der Waals surface area (Å²) in [6, 6.07) is 4.97. The minimum Gasteiger partial charge on any atom is -0.0683 e. The zero-order valence-electron chi connectivity index (χ0n) is 12.4. The largest absolute Gasteiger partial charge is 0.0683 e. The van der Waals surface area contributed by atoms with Crippen LogP contribution >= 0.6 is 0 Å². The van der Waals surface area contributed by atoms with Crippen molar-refractivity contribution in [3.05, 3.63) is 40.0 Å². The molecule has 1 aromatic carbocycles. The number of allylic oxidation sites excluding steroid dienone is 1. The van der Waals surface area contributed by atoms with Crippen molar-refractivity contribution < 1.29 is 0 Å². The Morgan fingerprint density at radius 2 is 1.44 bits per heavy atom. The number of fused-ring (bicyclic) bond motifs is 2. The molecular formula is C18H24. The molecule has 0 heterocycles. The standard InChI is InChI=1S/C18H24/c1-12-8-13-10-15-16(11-14(13)9-12)18(4,5)7-6-17(15,2)3/h8,10-11H,6-7,9H2,1-5H3. The molecule has 0 aliphatic heterocycles. The highest BCUT2D eigenvalue weighted by atomic mass is 14.4. The second-order valence-electron chi connectivity index (χ2n) is 7.53. The number of benzene rings is 1. The normalized spacial score (nSPS) is 23.3. The Morgan fingerprint density at radius 1 is 0.889 bits per heavy atom. The van der Waals surface area contributed by atoms with E-state index < -0.39 is 0 Å². The van der Waals surface area contributed by atoms with E-state index in [2.05, 4.69) is 52.8 Å². The Hall–Kier alpha value is -1.04. The van der Waals surface area contributed by atoms with Crippen LogP contribution in [-0.4, -0.2) is 0 Å². The fourth-order valence-corrected chi connectivity index (χ4v) is 3.58. The second-order valence-corrected chi connectivity index (χ2v) is 7.53. The van der Waals surface area contributed by atoms with Crippen LogP contribution in [0.4, 0.5) is 0 Å². The molecule has 3 rings (SSSR count). The van der Waals surface area contributed by atoms with Crippen molar-refractivity contribution in [1.82, 2.24) is 0 Å². The number of hydrogen-bond acceptors (Lipinski definition) is 0. The van der Waals surface area contributed by atoms with E-state index in [4.69, 9.17) is 0 Å².